The normalized spacial score (nSPS) is 14.6. The molecule has 0 bridgehead atoms. The number of carbonyl (C=O) groups is 1. The van der Waals surface area contributed by atoms with E-state index < -0.39 is 0 Å². The summed E-state index contributed by atoms with van der Waals surface area (Å²) in [6, 6.07) is 1.97. The van der Waals surface area contributed by atoms with Crippen LogP contribution in [0.1, 0.15) is 27.4 Å². The van der Waals surface area contributed by atoms with Crippen LogP contribution in [0.3, 0.4) is 0 Å². The van der Waals surface area contributed by atoms with Gasteiger partial charge in [0.25, 0.3) is 5.91 Å². The first kappa shape index (κ1) is 14.8. The lowest BCUT2D eigenvalue weighted by Crippen LogP contribution is -2.22. The average Bonchev–Trinajstić information content (AvgIpc) is 3.16. The van der Waals surface area contributed by atoms with E-state index >= 15 is 0 Å². The monoisotopic (exact) mass is 386 g/mol. The Labute approximate surface area is 139 Å². The lowest BCUT2D eigenvalue weighted by atomic mass is 10.4. The first-order valence-corrected chi connectivity index (χ1v) is 9.15. The standard InChI is InChI=1S/C13H15BrN4OS2/c14-8-3-6-20-9(8)7-16-12(19)10-11(15)17-13(21-10)18-4-1-2-5-18/h3,6H,1-2,4-5,7,15H2,(H,16,19). The fourth-order valence-electron chi connectivity index (χ4n) is 2.22. The van der Waals surface area contributed by atoms with Crippen LogP contribution in [0.2, 0.25) is 0 Å². The highest BCUT2D eigenvalue weighted by atomic mass is 79.9. The van der Waals surface area contributed by atoms with Gasteiger partial charge in [-0.3, -0.25) is 4.79 Å². The molecule has 112 valence electrons. The van der Waals surface area contributed by atoms with Crippen molar-refractivity contribution >= 4 is 55.5 Å². The molecule has 3 heterocycles. The minimum absolute atomic E-state index is 0.157. The van der Waals surface area contributed by atoms with Gasteiger partial charge in [-0.05, 0) is 40.2 Å². The second-order valence-electron chi connectivity index (χ2n) is 4.78. The molecule has 1 aliphatic heterocycles. The Bertz CT molecular complexity index is 648. The van der Waals surface area contributed by atoms with Gasteiger partial charge in [0, 0.05) is 22.4 Å². The van der Waals surface area contributed by atoms with Crippen molar-refractivity contribution in [2.45, 2.75) is 19.4 Å². The number of carbonyl (C=O) groups excluding carboxylic acids is 1. The van der Waals surface area contributed by atoms with Crippen LogP contribution >= 0.6 is 38.6 Å². The molecule has 0 aliphatic carbocycles. The molecule has 1 amide bonds. The third-order valence-corrected chi connectivity index (χ3v) is 6.38. The lowest BCUT2D eigenvalue weighted by molar-refractivity contribution is 0.0956. The second-order valence-corrected chi connectivity index (χ2v) is 7.61. The van der Waals surface area contributed by atoms with E-state index in [-0.39, 0.29) is 5.91 Å². The molecule has 1 fully saturated rings. The van der Waals surface area contributed by atoms with Crippen molar-refractivity contribution in [2.24, 2.45) is 0 Å². The summed E-state index contributed by atoms with van der Waals surface area (Å²) in [6.45, 7) is 2.49. The molecule has 2 aromatic rings. The number of nitrogens with one attached hydrogen (secondary N) is 1. The predicted molar refractivity (Wildman–Crippen MR) is 91.2 cm³/mol. The van der Waals surface area contributed by atoms with Crippen LogP contribution in [0, 0.1) is 0 Å². The number of thiazole rings is 1. The summed E-state index contributed by atoms with van der Waals surface area (Å²) in [7, 11) is 0. The lowest BCUT2D eigenvalue weighted by Gasteiger charge is -2.11. The molecule has 5 nitrogen and oxygen atoms in total. The zero-order valence-corrected chi connectivity index (χ0v) is 14.5. The number of nitrogen functional groups attached to an aromatic ring is 1. The first-order valence-electron chi connectivity index (χ1n) is 6.66. The van der Waals surface area contributed by atoms with Gasteiger partial charge >= 0.3 is 0 Å². The fraction of sp³-hybridized carbons (Fsp3) is 0.385. The number of thiophene rings is 1. The molecule has 0 spiro atoms. The molecule has 2 aromatic heterocycles. The van der Waals surface area contributed by atoms with Crippen LogP contribution in [-0.2, 0) is 6.54 Å². The largest absolute Gasteiger partial charge is 0.382 e. The van der Waals surface area contributed by atoms with Crippen molar-refractivity contribution in [3.8, 4) is 0 Å². The predicted octanol–water partition coefficient (Wildman–Crippen LogP) is 3.08. The quantitative estimate of drug-likeness (QED) is 0.846. The Morgan fingerprint density at radius 1 is 1.48 bits per heavy atom. The van der Waals surface area contributed by atoms with E-state index in [0.29, 0.717) is 17.2 Å². The summed E-state index contributed by atoms with van der Waals surface area (Å²) in [4.78, 5) is 20.4. The van der Waals surface area contributed by atoms with Crippen molar-refractivity contribution in [3.63, 3.8) is 0 Å². The molecular weight excluding hydrogens is 372 g/mol. The molecule has 21 heavy (non-hydrogen) atoms. The van der Waals surface area contributed by atoms with Gasteiger partial charge in [-0.15, -0.1) is 11.3 Å². The second kappa shape index (κ2) is 6.33. The van der Waals surface area contributed by atoms with Gasteiger partial charge in [-0.25, -0.2) is 4.98 Å². The number of halogens is 1. The smallest absolute Gasteiger partial charge is 0.265 e. The molecule has 0 radical (unpaired) electrons. The van der Waals surface area contributed by atoms with Gasteiger partial charge in [-0.2, -0.15) is 0 Å². The maximum atomic E-state index is 12.3. The van der Waals surface area contributed by atoms with Gasteiger partial charge < -0.3 is 16.0 Å². The Morgan fingerprint density at radius 3 is 2.90 bits per heavy atom. The van der Waals surface area contributed by atoms with E-state index in [4.69, 9.17) is 5.73 Å². The average molecular weight is 387 g/mol. The zero-order valence-electron chi connectivity index (χ0n) is 11.3. The summed E-state index contributed by atoms with van der Waals surface area (Å²) in [6.07, 6.45) is 2.35. The van der Waals surface area contributed by atoms with Crippen LogP contribution in [-0.4, -0.2) is 24.0 Å². The maximum absolute atomic E-state index is 12.3. The topological polar surface area (TPSA) is 71.2 Å². The number of nitrogens with zero attached hydrogens (tertiary/aromatic N) is 2. The molecule has 3 N–H and O–H groups in total. The van der Waals surface area contributed by atoms with Gasteiger partial charge in [0.15, 0.2) is 5.13 Å². The van der Waals surface area contributed by atoms with Crippen molar-refractivity contribution in [1.29, 1.82) is 0 Å². The molecule has 0 aromatic carbocycles. The van der Waals surface area contributed by atoms with Crippen LogP contribution in [0.25, 0.3) is 0 Å². The number of hydrogen-bond donors (Lipinski definition) is 2. The van der Waals surface area contributed by atoms with E-state index in [1.165, 1.54) is 24.2 Å². The van der Waals surface area contributed by atoms with Crippen molar-refractivity contribution in [1.82, 2.24) is 10.3 Å². The summed E-state index contributed by atoms with van der Waals surface area (Å²) in [5, 5.41) is 5.74. The number of anilines is 2. The van der Waals surface area contributed by atoms with Crippen molar-refractivity contribution < 1.29 is 4.79 Å². The number of aromatic nitrogens is 1. The van der Waals surface area contributed by atoms with Gasteiger partial charge in [0.05, 0.1) is 6.54 Å². The molecule has 0 unspecified atom stereocenters. The third-order valence-electron chi connectivity index (χ3n) is 3.33. The first-order chi connectivity index (χ1) is 10.1. The highest BCUT2D eigenvalue weighted by Gasteiger charge is 2.21. The molecule has 0 saturated carbocycles. The summed E-state index contributed by atoms with van der Waals surface area (Å²) in [5.74, 6) is 0.167. The van der Waals surface area contributed by atoms with E-state index in [9.17, 15) is 4.79 Å². The molecule has 1 aliphatic rings. The minimum atomic E-state index is -0.157. The van der Waals surface area contributed by atoms with Crippen LogP contribution in [0.5, 0.6) is 0 Å². The van der Waals surface area contributed by atoms with Gasteiger partial charge in [-0.1, -0.05) is 11.3 Å². The zero-order chi connectivity index (χ0) is 14.8. The van der Waals surface area contributed by atoms with Gasteiger partial charge in [0.2, 0.25) is 0 Å². The third kappa shape index (κ3) is 3.22. The Balaban J connectivity index is 1.68. The van der Waals surface area contributed by atoms with Crippen LogP contribution < -0.4 is 16.0 Å². The van der Waals surface area contributed by atoms with Crippen LogP contribution in [0.15, 0.2) is 15.9 Å². The van der Waals surface area contributed by atoms with Crippen molar-refractivity contribution in [2.75, 3.05) is 23.7 Å². The Morgan fingerprint density at radius 2 is 2.24 bits per heavy atom. The number of nitrogens with two attached hydrogens (primary N) is 1. The summed E-state index contributed by atoms with van der Waals surface area (Å²) < 4.78 is 1.02. The highest BCUT2D eigenvalue weighted by molar-refractivity contribution is 9.10. The van der Waals surface area contributed by atoms with E-state index in [0.717, 1.165) is 27.6 Å². The molecule has 0 atom stereocenters. The van der Waals surface area contributed by atoms with Crippen molar-refractivity contribution in [3.05, 3.63) is 25.7 Å². The number of hydrogen-bond acceptors (Lipinski definition) is 6. The summed E-state index contributed by atoms with van der Waals surface area (Å²) in [5.41, 5.74) is 5.89. The molecular formula is C13H15BrN4OS2. The van der Waals surface area contributed by atoms with E-state index in [1.807, 2.05) is 11.4 Å². The highest BCUT2D eigenvalue weighted by Crippen LogP contribution is 2.30. The van der Waals surface area contributed by atoms with Crippen LogP contribution in [0.4, 0.5) is 10.9 Å². The Kier molecular flexibility index (Phi) is 4.46. The van der Waals surface area contributed by atoms with E-state index in [1.54, 1.807) is 11.3 Å². The SMILES string of the molecule is Nc1nc(N2CCCC2)sc1C(=O)NCc1sccc1Br. The molecule has 3 rings (SSSR count). The summed E-state index contributed by atoms with van der Waals surface area (Å²) >= 11 is 6.43. The molecule has 8 heteroatoms. The number of amides is 1. The minimum Gasteiger partial charge on any atom is -0.382 e. The maximum Gasteiger partial charge on any atom is 0.265 e. The van der Waals surface area contributed by atoms with Gasteiger partial charge in [0.1, 0.15) is 10.7 Å². The van der Waals surface area contributed by atoms with E-state index in [2.05, 4.69) is 31.1 Å². The molecule has 1 saturated heterocycles. The Hall–Kier alpha value is -1.12. The number of rotatable bonds is 4. The fourth-order valence-corrected chi connectivity index (χ4v) is 4.60.